The molecule has 0 spiro atoms. The summed E-state index contributed by atoms with van der Waals surface area (Å²) in [6, 6.07) is 0. The Kier molecular flexibility index (Phi) is 5.52. The van der Waals surface area contributed by atoms with Crippen molar-refractivity contribution < 1.29 is 8.42 Å². The van der Waals surface area contributed by atoms with Crippen molar-refractivity contribution in [3.8, 4) is 0 Å². The highest BCUT2D eigenvalue weighted by molar-refractivity contribution is 7.87. The summed E-state index contributed by atoms with van der Waals surface area (Å²) in [6.07, 6.45) is 2.81. The van der Waals surface area contributed by atoms with Gasteiger partial charge in [-0.15, -0.1) is 0 Å². The van der Waals surface area contributed by atoms with E-state index in [1.165, 1.54) is 10.6 Å². The van der Waals surface area contributed by atoms with Crippen molar-refractivity contribution in [1.82, 2.24) is 24.2 Å². The minimum absolute atomic E-state index is 0.402. The van der Waals surface area contributed by atoms with Gasteiger partial charge >= 0.3 is 0 Å². The van der Waals surface area contributed by atoms with Crippen LogP contribution in [0.25, 0.3) is 0 Å². The lowest BCUT2D eigenvalue weighted by atomic mass is 10.3. The predicted octanol–water partition coefficient (Wildman–Crippen LogP) is -0.0865. The van der Waals surface area contributed by atoms with Crippen LogP contribution in [0.1, 0.15) is 26.1 Å². The Balaban J connectivity index is 2.30. The average molecular weight is 261 g/mol. The van der Waals surface area contributed by atoms with Crippen LogP contribution in [0, 0.1) is 0 Å². The number of aryl methyl sites for hydroxylation is 1. The van der Waals surface area contributed by atoms with E-state index in [9.17, 15) is 8.42 Å². The van der Waals surface area contributed by atoms with Gasteiger partial charge in [-0.05, 0) is 6.42 Å². The molecule has 0 aliphatic heterocycles. The van der Waals surface area contributed by atoms with Gasteiger partial charge in [-0.25, -0.2) is 9.71 Å². The molecule has 0 aliphatic carbocycles. The van der Waals surface area contributed by atoms with Crippen LogP contribution in [0.2, 0.25) is 0 Å². The first-order chi connectivity index (χ1) is 8.10. The van der Waals surface area contributed by atoms with Gasteiger partial charge in [-0.1, -0.05) is 13.8 Å². The molecule has 1 aromatic rings. The molecule has 0 fully saturated rings. The second-order valence-electron chi connectivity index (χ2n) is 3.52. The first-order valence-corrected chi connectivity index (χ1v) is 7.13. The summed E-state index contributed by atoms with van der Waals surface area (Å²) in [5.74, 6) is 0.770. The molecule has 0 aliphatic rings. The maximum absolute atomic E-state index is 11.7. The van der Waals surface area contributed by atoms with Crippen molar-refractivity contribution >= 4 is 10.2 Å². The van der Waals surface area contributed by atoms with Crippen molar-refractivity contribution in [1.29, 1.82) is 0 Å². The van der Waals surface area contributed by atoms with Gasteiger partial charge in [0.2, 0.25) is 0 Å². The van der Waals surface area contributed by atoms with Crippen molar-refractivity contribution in [3.05, 3.63) is 12.2 Å². The van der Waals surface area contributed by atoms with Gasteiger partial charge in [0, 0.05) is 26.1 Å². The van der Waals surface area contributed by atoms with E-state index in [1.807, 2.05) is 13.8 Å². The smallest absolute Gasteiger partial charge is 0.263 e. The van der Waals surface area contributed by atoms with Crippen LogP contribution < -0.4 is 4.72 Å². The number of nitrogens with zero attached hydrogens (tertiary/aromatic N) is 3. The third-order valence-electron chi connectivity index (χ3n) is 2.39. The Hall–Kier alpha value is -0.990. The first-order valence-electron chi connectivity index (χ1n) is 5.69. The molecule has 1 aromatic heterocycles. The van der Waals surface area contributed by atoms with Crippen LogP contribution in [0.3, 0.4) is 0 Å². The fourth-order valence-corrected chi connectivity index (χ4v) is 2.73. The zero-order chi connectivity index (χ0) is 12.7. The molecule has 1 heterocycles. The van der Waals surface area contributed by atoms with Crippen molar-refractivity contribution in [2.24, 2.45) is 0 Å². The number of nitrogens with one attached hydrogen (secondary N) is 2. The summed E-state index contributed by atoms with van der Waals surface area (Å²) in [7, 11) is -3.33. The monoisotopic (exact) mass is 261 g/mol. The van der Waals surface area contributed by atoms with E-state index in [1.54, 1.807) is 0 Å². The van der Waals surface area contributed by atoms with Crippen molar-refractivity contribution in [3.63, 3.8) is 0 Å². The maximum Gasteiger partial charge on any atom is 0.279 e. The van der Waals surface area contributed by atoms with E-state index in [4.69, 9.17) is 0 Å². The highest BCUT2D eigenvalue weighted by atomic mass is 32.2. The molecule has 0 saturated heterocycles. The van der Waals surface area contributed by atoms with Gasteiger partial charge in [0.1, 0.15) is 12.2 Å². The highest BCUT2D eigenvalue weighted by Crippen LogP contribution is 1.98. The van der Waals surface area contributed by atoms with Gasteiger partial charge in [0.25, 0.3) is 10.2 Å². The molecule has 1 rings (SSSR count). The largest absolute Gasteiger partial charge is 0.279 e. The molecular weight excluding hydrogens is 242 g/mol. The van der Waals surface area contributed by atoms with E-state index >= 15 is 0 Å². The summed E-state index contributed by atoms with van der Waals surface area (Å²) in [5, 5.41) is 6.45. The van der Waals surface area contributed by atoms with Gasteiger partial charge in [-0.2, -0.15) is 17.8 Å². The van der Waals surface area contributed by atoms with Gasteiger partial charge < -0.3 is 0 Å². The second kappa shape index (κ2) is 6.67. The van der Waals surface area contributed by atoms with Crippen molar-refractivity contribution in [2.75, 3.05) is 19.6 Å². The van der Waals surface area contributed by atoms with Crippen molar-refractivity contribution in [2.45, 2.75) is 26.7 Å². The van der Waals surface area contributed by atoms with E-state index < -0.39 is 10.2 Å². The summed E-state index contributed by atoms with van der Waals surface area (Å²) in [4.78, 5) is 3.96. The lowest BCUT2D eigenvalue weighted by molar-refractivity contribution is 0.434. The molecule has 17 heavy (non-hydrogen) atoms. The molecule has 0 amide bonds. The zero-order valence-electron chi connectivity index (χ0n) is 10.2. The minimum atomic E-state index is -3.33. The van der Waals surface area contributed by atoms with E-state index in [0.717, 1.165) is 5.82 Å². The predicted molar refractivity (Wildman–Crippen MR) is 64.5 cm³/mol. The molecule has 0 bridgehead atoms. The highest BCUT2D eigenvalue weighted by Gasteiger charge is 2.16. The SMILES string of the molecule is CCN(CC)S(=O)(=O)NCCCc1ncn[nH]1. The molecule has 0 saturated carbocycles. The van der Waals surface area contributed by atoms with Gasteiger partial charge in [-0.3, -0.25) is 5.10 Å². The first kappa shape index (κ1) is 14.1. The lowest BCUT2D eigenvalue weighted by Gasteiger charge is -2.18. The van der Waals surface area contributed by atoms with Gasteiger partial charge in [0.15, 0.2) is 0 Å². The molecule has 0 aromatic carbocycles. The molecule has 2 N–H and O–H groups in total. The molecule has 0 radical (unpaired) electrons. The zero-order valence-corrected chi connectivity index (χ0v) is 11.0. The Morgan fingerprint density at radius 1 is 1.41 bits per heavy atom. The Morgan fingerprint density at radius 3 is 2.65 bits per heavy atom. The third-order valence-corrected chi connectivity index (χ3v) is 4.15. The molecule has 7 nitrogen and oxygen atoms in total. The minimum Gasteiger partial charge on any atom is -0.263 e. The number of hydrogen-bond donors (Lipinski definition) is 2. The molecular formula is C9H19N5O2S. The topological polar surface area (TPSA) is 91.0 Å². The summed E-state index contributed by atoms with van der Waals surface area (Å²) in [6.45, 7) is 5.00. The fourth-order valence-electron chi connectivity index (χ4n) is 1.46. The average Bonchev–Trinajstić information content (AvgIpc) is 2.78. The Morgan fingerprint density at radius 2 is 2.12 bits per heavy atom. The van der Waals surface area contributed by atoms with Crippen LogP contribution in [-0.2, 0) is 16.6 Å². The number of hydrogen-bond acceptors (Lipinski definition) is 4. The third kappa shape index (κ3) is 4.41. The van der Waals surface area contributed by atoms with E-state index in [2.05, 4.69) is 19.9 Å². The van der Waals surface area contributed by atoms with Crippen LogP contribution in [0.5, 0.6) is 0 Å². The lowest BCUT2D eigenvalue weighted by Crippen LogP contribution is -2.40. The van der Waals surface area contributed by atoms with Crippen LogP contribution in [0.4, 0.5) is 0 Å². The number of aromatic amines is 1. The number of aromatic nitrogens is 3. The normalized spacial score (nSPS) is 12.2. The summed E-state index contributed by atoms with van der Waals surface area (Å²) < 4.78 is 27.4. The van der Waals surface area contributed by atoms with Crippen LogP contribution in [0.15, 0.2) is 6.33 Å². The fraction of sp³-hybridized carbons (Fsp3) is 0.778. The maximum atomic E-state index is 11.7. The molecule has 98 valence electrons. The number of rotatable bonds is 8. The Bertz CT molecular complexity index is 399. The quantitative estimate of drug-likeness (QED) is 0.640. The second-order valence-corrected chi connectivity index (χ2v) is 5.27. The van der Waals surface area contributed by atoms with E-state index in [-0.39, 0.29) is 0 Å². The van der Waals surface area contributed by atoms with Crippen LogP contribution in [-0.4, -0.2) is 47.5 Å². The standard InChI is InChI=1S/C9H19N5O2S/c1-3-14(4-2)17(15,16)12-7-5-6-9-10-8-11-13-9/h8,12H,3-7H2,1-2H3,(H,10,11,13). The van der Waals surface area contributed by atoms with Crippen LogP contribution >= 0.6 is 0 Å². The molecule has 0 unspecified atom stereocenters. The number of H-pyrrole nitrogens is 1. The van der Waals surface area contributed by atoms with E-state index in [0.29, 0.717) is 32.5 Å². The van der Waals surface area contributed by atoms with Gasteiger partial charge in [0.05, 0.1) is 0 Å². The summed E-state index contributed by atoms with van der Waals surface area (Å²) >= 11 is 0. The Labute approximate surface area is 102 Å². The summed E-state index contributed by atoms with van der Waals surface area (Å²) in [5.41, 5.74) is 0. The molecule has 0 atom stereocenters. The molecule has 8 heteroatoms.